The van der Waals surface area contributed by atoms with Gasteiger partial charge in [0.2, 0.25) is 0 Å². The van der Waals surface area contributed by atoms with Gasteiger partial charge in [-0.15, -0.1) is 0 Å². The van der Waals surface area contributed by atoms with Crippen molar-refractivity contribution in [1.82, 2.24) is 0 Å². The van der Waals surface area contributed by atoms with E-state index in [4.69, 9.17) is 7.32 Å². The third-order valence-corrected chi connectivity index (χ3v) is 1.50. The van der Waals surface area contributed by atoms with E-state index in [0.29, 0.717) is 0 Å². The standard InChI is InChI=1S/2C2H5O.2BrH.V/c2*1-2-3;;;/h2*2H2,1H3;2*1H;/q2*-1;;;+4/p-2. The first-order valence-corrected chi connectivity index (χ1v) is 3.50. The largest absolute Gasteiger partial charge is 1.00 e. The van der Waals surface area contributed by atoms with E-state index in [-0.39, 0.29) is 51.0 Å². The molecule has 0 aliphatic heterocycles. The van der Waals surface area contributed by atoms with Crippen molar-refractivity contribution in [1.29, 1.82) is 0 Å². The molecule has 0 spiro atoms. The predicted molar refractivity (Wildman–Crippen MR) is 23.3 cm³/mol. The van der Waals surface area contributed by atoms with Crippen LogP contribution in [0.15, 0.2) is 0 Å². The predicted octanol–water partition coefficient (Wildman–Crippen LogP) is -5.02. The quantitative estimate of drug-likeness (QED) is 0.484. The van der Waals surface area contributed by atoms with Gasteiger partial charge in [-0.25, -0.2) is 0 Å². The fraction of sp³-hybridized carbons (Fsp3) is 1.00. The Labute approximate surface area is 85.0 Å². The molecule has 0 fully saturated rings. The molecule has 0 heterocycles. The maximum Gasteiger partial charge on any atom is -1.00 e. The molecule has 0 rings (SSSR count). The van der Waals surface area contributed by atoms with Gasteiger partial charge in [-0.1, -0.05) is 0 Å². The number of rotatable bonds is 4. The fourth-order valence-corrected chi connectivity index (χ4v) is 0.588. The summed E-state index contributed by atoms with van der Waals surface area (Å²) in [6.07, 6.45) is 0. The van der Waals surface area contributed by atoms with Gasteiger partial charge in [0.1, 0.15) is 0 Å². The summed E-state index contributed by atoms with van der Waals surface area (Å²) in [4.78, 5) is 0. The molecule has 0 amide bonds. The van der Waals surface area contributed by atoms with Gasteiger partial charge in [-0.05, 0) is 0 Å². The first kappa shape index (κ1) is 16.8. The second kappa shape index (κ2) is 16.2. The van der Waals surface area contributed by atoms with E-state index in [0.717, 1.165) is 13.2 Å². The SMILES string of the molecule is CC[O][V+2][O]CC.[Br-].[Br-]. The molecule has 0 radical (unpaired) electrons. The Hall–Kier alpha value is 1.46. The van der Waals surface area contributed by atoms with Crippen LogP contribution in [0.2, 0.25) is 0 Å². The van der Waals surface area contributed by atoms with Crippen molar-refractivity contribution in [3.63, 3.8) is 0 Å². The molecule has 5 heteroatoms. The molecule has 0 aromatic heterocycles. The minimum atomic E-state index is -0.255. The van der Waals surface area contributed by atoms with Gasteiger partial charge < -0.3 is 34.0 Å². The molecule has 0 aromatic carbocycles. The summed E-state index contributed by atoms with van der Waals surface area (Å²) in [7, 11) is 0. The topological polar surface area (TPSA) is 18.5 Å². The Balaban J connectivity index is -0.000000180. The molecule has 0 saturated carbocycles. The Bertz CT molecular complexity index is 35.7. The van der Waals surface area contributed by atoms with Crippen molar-refractivity contribution >= 4 is 0 Å². The summed E-state index contributed by atoms with van der Waals surface area (Å²) in [5, 5.41) is 0. The van der Waals surface area contributed by atoms with E-state index in [2.05, 4.69) is 0 Å². The molecule has 9 heavy (non-hydrogen) atoms. The van der Waals surface area contributed by atoms with Crippen molar-refractivity contribution in [3.05, 3.63) is 0 Å². The zero-order valence-corrected chi connectivity index (χ0v) is 10.0. The maximum absolute atomic E-state index is 4.95. The maximum atomic E-state index is 4.95. The molecule has 0 saturated heterocycles. The van der Waals surface area contributed by atoms with Gasteiger partial charge in [0, 0.05) is 0 Å². The van der Waals surface area contributed by atoms with Gasteiger partial charge in [0.05, 0.1) is 0 Å². The van der Waals surface area contributed by atoms with E-state index in [1.165, 1.54) is 0 Å². The van der Waals surface area contributed by atoms with Crippen LogP contribution in [-0.4, -0.2) is 13.2 Å². The van der Waals surface area contributed by atoms with Gasteiger partial charge in [-0.2, -0.15) is 0 Å². The Morgan fingerprint density at radius 2 is 1.33 bits per heavy atom. The van der Waals surface area contributed by atoms with E-state index in [1.54, 1.807) is 0 Å². The normalized spacial score (nSPS) is 6.44. The molecule has 0 N–H and O–H groups in total. The third-order valence-electron chi connectivity index (χ3n) is 0.364. The van der Waals surface area contributed by atoms with Crippen LogP contribution >= 0.6 is 0 Å². The summed E-state index contributed by atoms with van der Waals surface area (Å²) in [5.41, 5.74) is 0. The van der Waals surface area contributed by atoms with Crippen molar-refractivity contribution in [2.24, 2.45) is 0 Å². The Kier molecular flexibility index (Phi) is 30.3. The van der Waals surface area contributed by atoms with Crippen LogP contribution in [0.5, 0.6) is 0 Å². The molecule has 0 bridgehead atoms. The minimum absolute atomic E-state index is 0. The van der Waals surface area contributed by atoms with Crippen LogP contribution in [0.3, 0.4) is 0 Å². The third kappa shape index (κ3) is 17.7. The van der Waals surface area contributed by atoms with Crippen LogP contribution in [0.1, 0.15) is 13.8 Å². The second-order valence-corrected chi connectivity index (χ2v) is 1.95. The summed E-state index contributed by atoms with van der Waals surface area (Å²) in [5.74, 6) is 0. The van der Waals surface area contributed by atoms with Crippen LogP contribution < -0.4 is 34.0 Å². The van der Waals surface area contributed by atoms with Gasteiger partial charge >= 0.3 is 51.4 Å². The monoisotopic (exact) mass is 299 g/mol. The molecule has 0 atom stereocenters. The fourth-order valence-electron chi connectivity index (χ4n) is 0.143. The second-order valence-electron chi connectivity index (χ2n) is 0.910. The van der Waals surface area contributed by atoms with Crippen LogP contribution in [-0.2, 0) is 24.3 Å². The van der Waals surface area contributed by atoms with Crippen LogP contribution in [0.25, 0.3) is 0 Å². The van der Waals surface area contributed by atoms with E-state index >= 15 is 0 Å². The van der Waals surface area contributed by atoms with Gasteiger partial charge in [-0.3, -0.25) is 0 Å². The summed E-state index contributed by atoms with van der Waals surface area (Å²) in [6, 6.07) is 0. The summed E-state index contributed by atoms with van der Waals surface area (Å²) >= 11 is -0.255. The van der Waals surface area contributed by atoms with Crippen molar-refractivity contribution in [2.45, 2.75) is 13.8 Å². The Morgan fingerprint density at radius 3 is 1.56 bits per heavy atom. The van der Waals surface area contributed by atoms with Crippen molar-refractivity contribution in [2.75, 3.05) is 13.2 Å². The number of hydrogen-bond acceptors (Lipinski definition) is 2. The van der Waals surface area contributed by atoms with Crippen LogP contribution in [0.4, 0.5) is 0 Å². The summed E-state index contributed by atoms with van der Waals surface area (Å²) in [6.45, 7) is 5.49. The zero-order chi connectivity index (χ0) is 5.54. The first-order chi connectivity index (χ1) is 3.41. The average Bonchev–Trinajstić information content (AvgIpc) is 1.69. The molecule has 2 nitrogen and oxygen atoms in total. The first-order valence-electron chi connectivity index (χ1n) is 2.36. The zero-order valence-electron chi connectivity index (χ0n) is 5.43. The smallest absolute Gasteiger partial charge is 1.00 e. The summed E-state index contributed by atoms with van der Waals surface area (Å²) < 4.78 is 9.89. The molecule has 57 valence electrons. The molecule has 0 unspecified atom stereocenters. The number of hydrogen-bond donors (Lipinski definition) is 0. The van der Waals surface area contributed by atoms with Crippen LogP contribution in [0, 0.1) is 0 Å². The van der Waals surface area contributed by atoms with Crippen molar-refractivity contribution < 1.29 is 58.3 Å². The number of halogens is 2. The van der Waals surface area contributed by atoms with Crippen molar-refractivity contribution in [3.8, 4) is 0 Å². The molecule has 0 aromatic rings. The molecule has 0 aliphatic carbocycles. The van der Waals surface area contributed by atoms with Gasteiger partial charge in [0.15, 0.2) is 0 Å². The molecular formula is C4H10Br2O2V. The average molecular weight is 301 g/mol. The molecular weight excluding hydrogens is 291 g/mol. The Morgan fingerprint density at radius 1 is 1.00 bits per heavy atom. The molecule has 0 aliphatic rings. The minimum Gasteiger partial charge on any atom is -1.00 e. The van der Waals surface area contributed by atoms with E-state index < -0.39 is 0 Å². The van der Waals surface area contributed by atoms with E-state index in [9.17, 15) is 0 Å². The van der Waals surface area contributed by atoms with Gasteiger partial charge in [0.25, 0.3) is 0 Å². The van der Waals surface area contributed by atoms with E-state index in [1.807, 2.05) is 13.8 Å².